The van der Waals surface area contributed by atoms with Gasteiger partial charge in [-0.3, -0.25) is 14.4 Å². The fourth-order valence-corrected chi connectivity index (χ4v) is 2.28. The van der Waals surface area contributed by atoms with Crippen molar-refractivity contribution >= 4 is 17.8 Å². The zero-order valence-corrected chi connectivity index (χ0v) is 15.4. The van der Waals surface area contributed by atoms with Crippen molar-refractivity contribution in [1.29, 1.82) is 0 Å². The molecular weight excluding hydrogens is 320 g/mol. The highest BCUT2D eigenvalue weighted by atomic mass is 16.4. The molecule has 0 unspecified atom stereocenters. The Bertz CT molecular complexity index is 452. The molecule has 0 rings (SSSR count). The highest BCUT2D eigenvalue weighted by molar-refractivity contribution is 6.34. The highest BCUT2D eigenvalue weighted by Gasteiger charge is 2.08. The summed E-state index contributed by atoms with van der Waals surface area (Å²) in [7, 11) is 1.43. The van der Waals surface area contributed by atoms with Crippen molar-refractivity contribution in [2.45, 2.75) is 77.0 Å². The molecule has 0 saturated heterocycles. The summed E-state index contributed by atoms with van der Waals surface area (Å²) >= 11 is 0. The van der Waals surface area contributed by atoms with Gasteiger partial charge in [-0.2, -0.15) is 0 Å². The topological polar surface area (TPSA) is 95.5 Å². The molecule has 0 atom stereocenters. The van der Waals surface area contributed by atoms with Crippen LogP contribution in [0.15, 0.2) is 0 Å². The lowest BCUT2D eigenvalue weighted by Gasteiger charge is -2.02. The molecule has 0 heterocycles. The van der Waals surface area contributed by atoms with E-state index in [4.69, 9.17) is 5.11 Å². The minimum Gasteiger partial charge on any atom is -0.481 e. The molecule has 0 aliphatic carbocycles. The number of nitrogens with one attached hydrogen (secondary N) is 2. The number of unbranched alkanes of at least 4 members (excludes halogenated alkanes) is 9. The zero-order chi connectivity index (χ0) is 18.8. The van der Waals surface area contributed by atoms with E-state index < -0.39 is 17.8 Å². The van der Waals surface area contributed by atoms with Gasteiger partial charge in [-0.05, 0) is 25.7 Å². The van der Waals surface area contributed by atoms with Crippen LogP contribution in [0.1, 0.15) is 77.0 Å². The van der Waals surface area contributed by atoms with E-state index in [1.807, 2.05) is 0 Å². The summed E-state index contributed by atoms with van der Waals surface area (Å²) in [4.78, 5) is 32.5. The molecule has 0 saturated carbocycles. The summed E-state index contributed by atoms with van der Waals surface area (Å²) in [5.74, 6) is 4.41. The molecule has 3 N–H and O–H groups in total. The van der Waals surface area contributed by atoms with Crippen molar-refractivity contribution in [3.8, 4) is 11.8 Å². The van der Waals surface area contributed by atoms with Gasteiger partial charge in [0.2, 0.25) is 0 Å². The molecule has 0 aliphatic heterocycles. The molecule has 0 aromatic carbocycles. The van der Waals surface area contributed by atoms with Gasteiger partial charge in [0.05, 0.1) is 0 Å². The summed E-state index contributed by atoms with van der Waals surface area (Å²) in [6.07, 6.45) is 11.3. The first-order chi connectivity index (χ1) is 12.1. The number of carbonyl (C=O) groups is 3. The average molecular weight is 352 g/mol. The van der Waals surface area contributed by atoms with Crippen LogP contribution in [0.5, 0.6) is 0 Å². The Morgan fingerprint density at radius 3 is 1.84 bits per heavy atom. The second-order valence-electron chi connectivity index (χ2n) is 6.01. The lowest BCUT2D eigenvalue weighted by atomic mass is 10.1. The number of hydrogen-bond donors (Lipinski definition) is 3. The molecule has 0 spiro atoms. The summed E-state index contributed by atoms with van der Waals surface area (Å²) in [6, 6.07) is 0. The standard InChI is InChI=1S/C19H32N2O4/c1-20-18(24)19(25)21-16-14-12-10-8-6-4-2-3-5-7-9-11-13-15-17(22)23/h2-5,7,9-16H2,1H3,(H,20,24)(H,21,25)(H,22,23). The molecule has 6 heteroatoms. The van der Waals surface area contributed by atoms with E-state index in [-0.39, 0.29) is 6.42 Å². The van der Waals surface area contributed by atoms with Crippen molar-refractivity contribution in [3.05, 3.63) is 0 Å². The van der Waals surface area contributed by atoms with Gasteiger partial charge < -0.3 is 15.7 Å². The molecule has 0 bridgehead atoms. The fraction of sp³-hybridized carbons (Fsp3) is 0.737. The van der Waals surface area contributed by atoms with Crippen molar-refractivity contribution in [3.63, 3.8) is 0 Å². The first-order valence-electron chi connectivity index (χ1n) is 9.25. The van der Waals surface area contributed by atoms with E-state index in [9.17, 15) is 14.4 Å². The largest absolute Gasteiger partial charge is 0.481 e. The van der Waals surface area contributed by atoms with Gasteiger partial charge in [-0.15, -0.1) is 11.8 Å². The number of hydrogen-bond acceptors (Lipinski definition) is 3. The number of likely N-dealkylation sites (N-methyl/N-ethyl adjacent to an activating group) is 1. The van der Waals surface area contributed by atoms with Crippen LogP contribution in [0.25, 0.3) is 0 Å². The van der Waals surface area contributed by atoms with E-state index >= 15 is 0 Å². The third-order valence-electron chi connectivity index (χ3n) is 3.76. The van der Waals surface area contributed by atoms with Gasteiger partial charge in [0.1, 0.15) is 0 Å². The number of amides is 2. The molecule has 0 fully saturated rings. The van der Waals surface area contributed by atoms with Gasteiger partial charge in [0.25, 0.3) is 0 Å². The number of rotatable bonds is 13. The van der Waals surface area contributed by atoms with Crippen LogP contribution >= 0.6 is 0 Å². The summed E-state index contributed by atoms with van der Waals surface area (Å²) in [5.41, 5.74) is 0. The maximum atomic E-state index is 11.2. The van der Waals surface area contributed by atoms with E-state index in [0.717, 1.165) is 51.4 Å². The van der Waals surface area contributed by atoms with Crippen LogP contribution in [-0.4, -0.2) is 36.5 Å². The minimum atomic E-state index is -0.702. The molecule has 6 nitrogen and oxygen atoms in total. The van der Waals surface area contributed by atoms with Crippen molar-refractivity contribution in [2.75, 3.05) is 13.6 Å². The van der Waals surface area contributed by atoms with Crippen LogP contribution in [-0.2, 0) is 14.4 Å². The number of carboxylic acid groups (broad SMARTS) is 1. The van der Waals surface area contributed by atoms with Crippen molar-refractivity contribution in [2.24, 2.45) is 0 Å². The first-order valence-corrected chi connectivity index (χ1v) is 9.25. The molecule has 0 aromatic rings. The Hall–Kier alpha value is -2.03. The van der Waals surface area contributed by atoms with Gasteiger partial charge in [-0.1, -0.05) is 32.1 Å². The normalized spacial score (nSPS) is 9.80. The average Bonchev–Trinajstić information content (AvgIpc) is 2.60. The molecule has 0 aliphatic rings. The Morgan fingerprint density at radius 2 is 1.28 bits per heavy atom. The highest BCUT2D eigenvalue weighted by Crippen LogP contribution is 2.09. The predicted molar refractivity (Wildman–Crippen MR) is 97.9 cm³/mol. The van der Waals surface area contributed by atoms with E-state index in [2.05, 4.69) is 22.5 Å². The van der Waals surface area contributed by atoms with Crippen LogP contribution in [0, 0.1) is 11.8 Å². The monoisotopic (exact) mass is 352 g/mol. The smallest absolute Gasteiger partial charge is 0.309 e. The fourth-order valence-electron chi connectivity index (χ4n) is 2.28. The van der Waals surface area contributed by atoms with E-state index in [0.29, 0.717) is 6.54 Å². The van der Waals surface area contributed by atoms with Crippen LogP contribution in [0.2, 0.25) is 0 Å². The SMILES string of the molecule is CNC(=O)C(=O)NCCCCC#CCCCCCCCCCC(=O)O. The lowest BCUT2D eigenvalue weighted by molar-refractivity contribution is -0.138. The first kappa shape index (κ1) is 23.0. The second-order valence-corrected chi connectivity index (χ2v) is 6.01. The molecule has 0 aromatic heterocycles. The molecule has 142 valence electrons. The van der Waals surface area contributed by atoms with Gasteiger partial charge in [0.15, 0.2) is 0 Å². The lowest BCUT2D eigenvalue weighted by Crippen LogP contribution is -2.38. The minimum absolute atomic E-state index is 0.288. The van der Waals surface area contributed by atoms with Crippen LogP contribution in [0.4, 0.5) is 0 Å². The van der Waals surface area contributed by atoms with Crippen LogP contribution < -0.4 is 10.6 Å². The second kappa shape index (κ2) is 16.8. The third kappa shape index (κ3) is 16.6. The van der Waals surface area contributed by atoms with Crippen molar-refractivity contribution in [1.82, 2.24) is 10.6 Å². The maximum Gasteiger partial charge on any atom is 0.309 e. The maximum absolute atomic E-state index is 11.2. The summed E-state index contributed by atoms with van der Waals surface area (Å²) in [5, 5.41) is 13.4. The van der Waals surface area contributed by atoms with Gasteiger partial charge in [-0.25, -0.2) is 0 Å². The van der Waals surface area contributed by atoms with E-state index in [1.54, 1.807) is 0 Å². The Morgan fingerprint density at radius 1 is 0.760 bits per heavy atom. The van der Waals surface area contributed by atoms with Crippen molar-refractivity contribution < 1.29 is 19.5 Å². The number of aliphatic carboxylic acids is 1. The molecule has 0 radical (unpaired) electrons. The third-order valence-corrected chi connectivity index (χ3v) is 3.76. The summed E-state index contributed by atoms with van der Waals surface area (Å²) in [6.45, 7) is 0.500. The van der Waals surface area contributed by atoms with Crippen LogP contribution in [0.3, 0.4) is 0 Å². The summed E-state index contributed by atoms with van der Waals surface area (Å²) < 4.78 is 0. The quantitative estimate of drug-likeness (QED) is 0.270. The van der Waals surface area contributed by atoms with E-state index in [1.165, 1.54) is 26.3 Å². The zero-order valence-electron chi connectivity index (χ0n) is 15.4. The molecular formula is C19H32N2O4. The van der Waals surface area contributed by atoms with Gasteiger partial charge >= 0.3 is 17.8 Å². The number of carbonyl (C=O) groups excluding carboxylic acids is 2. The van der Waals surface area contributed by atoms with Gasteiger partial charge in [0, 0.05) is 32.9 Å². The Balaban J connectivity index is 3.28. The molecule has 25 heavy (non-hydrogen) atoms. The number of carboxylic acids is 1. The predicted octanol–water partition coefficient (Wildman–Crippen LogP) is 2.62. The molecule has 2 amide bonds. The Labute approximate surface area is 151 Å². The Kier molecular flexibility index (Phi) is 15.4.